The first-order chi connectivity index (χ1) is 58.7. The van der Waals surface area contributed by atoms with Crippen molar-refractivity contribution in [2.24, 2.45) is 10.3 Å². The van der Waals surface area contributed by atoms with Gasteiger partial charge in [-0.2, -0.15) is 0 Å². The Morgan fingerprint density at radius 1 is 0.443 bits per heavy atom. The SMILES string of the molecule is COc1ccc(-c2ccc(S(=O)(=O)c3ccccc3CS(N)(=O)=O)cc2)cc1.COc1ccc(-c2ccc(Sc3ccccc3C(CCCN3C(=O)c4ccccc4C3=O)C(=O)NO)cc2)cc1.COc1ccc(-c2ccc(Sc3ccccc3C3CCCNC3=O)cc2)cc1.NS(=O)(=O)Cc1ccccc1S(=O)(=O)c1ccc(-c2ccccc2)cc1. The molecule has 0 aromatic heterocycles. The number of methoxy groups -OCH3 is 3. The highest BCUT2D eigenvalue weighted by atomic mass is 32.2. The molecule has 21 nitrogen and oxygen atoms in total. The van der Waals surface area contributed by atoms with E-state index < -0.39 is 63.1 Å². The van der Waals surface area contributed by atoms with Crippen LogP contribution in [0.25, 0.3) is 44.5 Å². The van der Waals surface area contributed by atoms with Crippen LogP contribution in [-0.4, -0.2) is 102 Å². The molecule has 2 aliphatic rings. The maximum Gasteiger partial charge on any atom is 0.261 e. The van der Waals surface area contributed by atoms with E-state index in [0.29, 0.717) is 24.0 Å². The highest BCUT2D eigenvalue weighted by Gasteiger charge is 2.36. The van der Waals surface area contributed by atoms with E-state index in [1.54, 1.807) is 111 Å². The predicted molar refractivity (Wildman–Crippen MR) is 474 cm³/mol. The van der Waals surface area contributed by atoms with E-state index in [1.807, 2.05) is 152 Å². The van der Waals surface area contributed by atoms with Gasteiger partial charge in [0.1, 0.15) is 17.2 Å². The molecule has 624 valence electrons. The molecule has 7 N–H and O–H groups in total. The molecule has 0 bridgehead atoms. The summed E-state index contributed by atoms with van der Waals surface area (Å²) in [5.41, 5.74) is 12.9. The Morgan fingerprint density at radius 2 is 0.795 bits per heavy atom. The van der Waals surface area contributed by atoms with Gasteiger partial charge in [0.05, 0.1) is 75.4 Å². The average Bonchev–Trinajstić information content (AvgIpc) is 1.78. The van der Waals surface area contributed by atoms with Crippen molar-refractivity contribution in [3.05, 3.63) is 355 Å². The van der Waals surface area contributed by atoms with Gasteiger partial charge in [-0.1, -0.05) is 224 Å². The zero-order valence-electron chi connectivity index (χ0n) is 66.5. The second-order valence-corrected chi connectivity index (χ2v) is 37.5. The number of nitrogens with two attached hydrogens (primary N) is 2. The molecule has 2 heterocycles. The van der Waals surface area contributed by atoms with Gasteiger partial charge in [-0.3, -0.25) is 29.3 Å². The summed E-state index contributed by atoms with van der Waals surface area (Å²) in [6.07, 6.45) is 2.69. The number of hydrogen-bond acceptors (Lipinski definition) is 18. The van der Waals surface area contributed by atoms with Crippen molar-refractivity contribution in [2.75, 3.05) is 34.4 Å². The lowest BCUT2D eigenvalue weighted by Gasteiger charge is -2.24. The number of ether oxygens (including phenoxy) is 3. The number of imide groups is 1. The first kappa shape index (κ1) is 89.0. The minimum Gasteiger partial charge on any atom is -0.497 e. The minimum absolute atomic E-state index is 0.0453. The van der Waals surface area contributed by atoms with Crippen molar-refractivity contribution in [2.45, 2.75) is 88.2 Å². The summed E-state index contributed by atoms with van der Waals surface area (Å²) in [7, 11) is -10.6. The fourth-order valence-electron chi connectivity index (χ4n) is 14.0. The summed E-state index contributed by atoms with van der Waals surface area (Å²) >= 11 is 3.25. The van der Waals surface area contributed by atoms with Crippen molar-refractivity contribution >= 4 is 86.9 Å². The summed E-state index contributed by atoms with van der Waals surface area (Å²) < 4.78 is 113. The number of nitrogens with zero attached hydrogens (tertiary/aromatic N) is 1. The second-order valence-electron chi connectivity index (χ2n) is 28.2. The number of hydroxylamine groups is 1. The molecule has 0 spiro atoms. The van der Waals surface area contributed by atoms with Gasteiger partial charge in [-0.25, -0.2) is 49.4 Å². The number of fused-ring (bicyclic) bond motifs is 1. The van der Waals surface area contributed by atoms with Gasteiger partial charge in [0, 0.05) is 32.7 Å². The topological polar surface area (TPSA) is 332 Å². The van der Waals surface area contributed by atoms with E-state index in [-0.39, 0.29) is 60.9 Å². The van der Waals surface area contributed by atoms with Crippen molar-refractivity contribution in [1.82, 2.24) is 15.7 Å². The lowest BCUT2D eigenvalue weighted by Crippen LogP contribution is -2.35. The Hall–Kier alpha value is -12.3. The zero-order valence-corrected chi connectivity index (χ0v) is 71.4. The Labute approximate surface area is 719 Å². The molecule has 122 heavy (non-hydrogen) atoms. The molecule has 13 aromatic rings. The van der Waals surface area contributed by atoms with Crippen LogP contribution >= 0.6 is 23.5 Å². The maximum absolute atomic E-state index is 13.0. The summed E-state index contributed by atoms with van der Waals surface area (Å²) in [6, 6.07) is 97.1. The number of primary sulfonamides is 2. The molecule has 13 aromatic carbocycles. The molecule has 0 aliphatic carbocycles. The maximum atomic E-state index is 13.0. The number of benzene rings is 13. The lowest BCUT2D eigenvalue weighted by molar-refractivity contribution is -0.131. The van der Waals surface area contributed by atoms with Crippen LogP contribution < -0.4 is 35.3 Å². The molecule has 15 rings (SSSR count). The first-order valence-electron chi connectivity index (χ1n) is 38.5. The fraction of sp³-hybridized carbons (Fsp3) is 0.137. The molecular weight excluding hydrogens is 1660 g/mol. The lowest BCUT2D eigenvalue weighted by atomic mass is 9.91. The summed E-state index contributed by atoms with van der Waals surface area (Å²) in [6.45, 7) is 0.973. The predicted octanol–water partition coefficient (Wildman–Crippen LogP) is 17.6. The van der Waals surface area contributed by atoms with E-state index in [1.165, 1.54) is 75.7 Å². The van der Waals surface area contributed by atoms with Gasteiger partial charge in [-0.05, 0) is 214 Å². The number of sulfonamides is 2. The molecule has 0 radical (unpaired) electrons. The fourth-order valence-corrected chi connectivity index (χ4v) is 20.5. The van der Waals surface area contributed by atoms with Crippen molar-refractivity contribution < 1.29 is 72.3 Å². The zero-order chi connectivity index (χ0) is 86.6. The van der Waals surface area contributed by atoms with Gasteiger partial charge in [0.2, 0.25) is 45.6 Å². The number of carbonyl (C=O) groups excluding carboxylic acids is 4. The van der Waals surface area contributed by atoms with E-state index in [0.717, 1.165) is 101 Å². The number of rotatable bonds is 26. The number of sulfone groups is 2. The first-order valence-corrected chi connectivity index (χ1v) is 46.5. The number of amides is 4. The van der Waals surface area contributed by atoms with Crippen LogP contribution in [0.15, 0.2) is 361 Å². The van der Waals surface area contributed by atoms with Crippen LogP contribution in [0.4, 0.5) is 0 Å². The molecule has 2 aliphatic heterocycles. The number of carbonyl (C=O) groups is 4. The summed E-state index contributed by atoms with van der Waals surface area (Å²) in [4.78, 5) is 56.0. The molecule has 1 saturated heterocycles. The van der Waals surface area contributed by atoms with Crippen molar-refractivity contribution in [3.63, 3.8) is 0 Å². The number of nitrogens with one attached hydrogen (secondary N) is 2. The van der Waals surface area contributed by atoms with Crippen molar-refractivity contribution in [1.29, 1.82) is 0 Å². The van der Waals surface area contributed by atoms with E-state index in [4.69, 9.17) is 24.5 Å². The second kappa shape index (κ2) is 40.9. The van der Waals surface area contributed by atoms with E-state index >= 15 is 0 Å². The highest BCUT2D eigenvalue weighted by molar-refractivity contribution is 7.99. The smallest absolute Gasteiger partial charge is 0.261 e. The molecule has 27 heteroatoms. The summed E-state index contributed by atoms with van der Waals surface area (Å²) in [5.74, 6) is -0.434. The molecule has 1 fully saturated rings. The third-order valence-corrected chi connectivity index (χ3v) is 27.5. The van der Waals surface area contributed by atoms with Crippen LogP contribution in [0.1, 0.15) is 80.5 Å². The minimum atomic E-state index is -3.89. The van der Waals surface area contributed by atoms with Crippen LogP contribution in [0.5, 0.6) is 17.2 Å². The highest BCUT2D eigenvalue weighted by Crippen LogP contribution is 2.41. The van der Waals surface area contributed by atoms with Crippen LogP contribution in [0.2, 0.25) is 0 Å². The molecule has 4 amide bonds. The Bertz CT molecular complexity index is 6300. The Balaban J connectivity index is 0.000000151. The van der Waals surface area contributed by atoms with Gasteiger partial charge in [-0.15, -0.1) is 0 Å². The monoisotopic (exact) mass is 1750 g/mol. The third-order valence-electron chi connectivity index (χ3n) is 20.2. The van der Waals surface area contributed by atoms with Crippen LogP contribution in [-0.2, 0) is 60.8 Å². The average molecular weight is 1750 g/mol. The number of hydrogen-bond donors (Lipinski definition) is 5. The normalized spacial score (nSPS) is 13.4. The largest absolute Gasteiger partial charge is 0.497 e. The van der Waals surface area contributed by atoms with Gasteiger partial charge in [0.25, 0.3) is 17.7 Å². The van der Waals surface area contributed by atoms with Crippen molar-refractivity contribution in [3.8, 4) is 61.8 Å². The molecule has 0 saturated carbocycles. The van der Waals surface area contributed by atoms with Gasteiger partial charge in [0.15, 0.2) is 0 Å². The third kappa shape index (κ3) is 22.8. The van der Waals surface area contributed by atoms with Gasteiger partial charge >= 0.3 is 0 Å². The molecule has 2 unspecified atom stereocenters. The quantitative estimate of drug-likeness (QED) is 0.0191. The van der Waals surface area contributed by atoms with E-state index in [9.17, 15) is 58.1 Å². The number of piperidine rings is 1. The molecule has 2 atom stereocenters. The Morgan fingerprint density at radius 3 is 1.20 bits per heavy atom. The van der Waals surface area contributed by atoms with Crippen LogP contribution in [0.3, 0.4) is 0 Å². The molecular formula is C95H87N5O16S6. The van der Waals surface area contributed by atoms with Gasteiger partial charge < -0.3 is 19.5 Å². The standard InChI is InChI=1S/C32H28N2O5S.C24H23NO2S.C20H19NO5S2.C19H17NO4S2/c1-39-23-16-12-21(13-17-23)22-14-18-24(19-15-22)40-29-11-5-4-7-25(29)26(30(35)33-38)10-6-20-34-31(36)27-8-2-3-9-28(27)32(34)37;1-27-19-12-8-17(9-13-19)18-10-14-20(15-11-18)28-23-7-3-2-5-21(23)22-6-4-16-25-24(22)26;1-26-18-10-6-15(7-11-18)16-8-12-19(13-9-16)28(24,25)20-5-3-2-4-17(20)14-27(21,22)23;20-25(21,22)14-17-8-4-5-9-19(17)26(23,24)18-12-10-16(11-13-18)15-6-2-1-3-7-15/h2-5,7-9,11-19,26,38H,6,10,20H2,1H3,(H,33,35);2-3,5,7-15,22H,4,6,16H2,1H3,(H,25,26);2-13H,14H2,1H3,(H2,21,22,23);1-13H,14H2,(H2,20,21,22). The van der Waals surface area contributed by atoms with E-state index in [2.05, 4.69) is 53.8 Å². The summed E-state index contributed by atoms with van der Waals surface area (Å²) in [5, 5.41) is 22.7. The Kier molecular flexibility index (Phi) is 29.8. The van der Waals surface area contributed by atoms with Crippen LogP contribution in [0, 0.1) is 0 Å².